The Morgan fingerprint density at radius 2 is 1.88 bits per heavy atom. The molecule has 0 spiro atoms. The van der Waals surface area contributed by atoms with Crippen LogP contribution in [0, 0.1) is 13.8 Å². The number of halogens is 1. The van der Waals surface area contributed by atoms with Gasteiger partial charge in [0.1, 0.15) is 11.9 Å². The zero-order valence-corrected chi connectivity index (χ0v) is 18.0. The van der Waals surface area contributed by atoms with E-state index in [1.165, 1.54) is 9.08 Å². The molecule has 0 aliphatic carbocycles. The van der Waals surface area contributed by atoms with E-state index in [4.69, 9.17) is 5.73 Å². The number of anilines is 1. The first kappa shape index (κ1) is 20.3. The number of hydrogen-bond donors (Lipinski definition) is 3. The van der Waals surface area contributed by atoms with E-state index in [2.05, 4.69) is 20.4 Å². The molecular weight excluding hydrogens is 409 g/mol. The van der Waals surface area contributed by atoms with Crippen molar-refractivity contribution >= 4 is 11.6 Å². The van der Waals surface area contributed by atoms with Crippen LogP contribution in [0.3, 0.4) is 0 Å². The Balaban J connectivity index is 1.78. The molecule has 1 aromatic carbocycles. The molecule has 4 aromatic rings. The highest BCUT2D eigenvalue weighted by Crippen LogP contribution is 2.33. The molecule has 0 saturated carbocycles. The summed E-state index contributed by atoms with van der Waals surface area (Å²) in [5.41, 5.74) is 11.4. The van der Waals surface area contributed by atoms with Gasteiger partial charge in [0, 0.05) is 29.5 Å². The monoisotopic (exact) mass is 434 g/mol. The summed E-state index contributed by atoms with van der Waals surface area (Å²) in [6.07, 6.45) is -0.534. The third-order valence-electron chi connectivity index (χ3n) is 5.80. The van der Waals surface area contributed by atoms with Crippen molar-refractivity contribution in [3.8, 4) is 22.4 Å². The summed E-state index contributed by atoms with van der Waals surface area (Å²) >= 11 is 0. The molecule has 8 nitrogen and oxygen atoms in total. The summed E-state index contributed by atoms with van der Waals surface area (Å²) in [4.78, 5) is 22.3. The van der Waals surface area contributed by atoms with Crippen LogP contribution >= 0.6 is 0 Å². The van der Waals surface area contributed by atoms with Crippen LogP contribution < -0.4 is 21.1 Å². The van der Waals surface area contributed by atoms with Gasteiger partial charge in [0.05, 0.1) is 12.1 Å². The number of nitrogen functional groups attached to an aromatic ring is 1. The molecule has 0 amide bonds. The molecule has 4 N–H and O–H groups in total. The fraction of sp³-hybridized carbons (Fsp3) is 0.304. The average molecular weight is 434 g/mol. The van der Waals surface area contributed by atoms with E-state index in [0.717, 1.165) is 28.1 Å². The highest BCUT2D eigenvalue weighted by molar-refractivity contribution is 5.88. The van der Waals surface area contributed by atoms with Crippen LogP contribution in [-0.4, -0.2) is 38.5 Å². The van der Waals surface area contributed by atoms with Crippen molar-refractivity contribution in [1.29, 1.82) is 0 Å². The number of rotatable bonds is 4. The van der Waals surface area contributed by atoms with Crippen molar-refractivity contribution in [3.05, 3.63) is 64.3 Å². The van der Waals surface area contributed by atoms with Gasteiger partial charge in [0.25, 0.3) is 0 Å². The predicted molar refractivity (Wildman–Crippen MR) is 120 cm³/mol. The zero-order chi connectivity index (χ0) is 22.4. The van der Waals surface area contributed by atoms with Gasteiger partial charge in [-0.15, -0.1) is 9.38 Å². The SMILES string of the molecule is Cc1cc(-c2c(-c3ccccc3)nc(N)[n+]3c(=O)n(C[C@@H]4C[C@H](F)CN4)[nH]c23)cc(C)n1. The van der Waals surface area contributed by atoms with Crippen molar-refractivity contribution in [1.82, 2.24) is 25.1 Å². The van der Waals surface area contributed by atoms with Crippen LogP contribution in [0.15, 0.2) is 47.3 Å². The number of nitrogens with one attached hydrogen (secondary N) is 2. The van der Waals surface area contributed by atoms with Crippen LogP contribution in [0.5, 0.6) is 0 Å². The first-order valence-electron chi connectivity index (χ1n) is 10.6. The molecule has 32 heavy (non-hydrogen) atoms. The third-order valence-corrected chi connectivity index (χ3v) is 5.80. The molecule has 0 bridgehead atoms. The standard InChI is InChI=1S/C23H24FN7O/c1-13-8-16(9-14(2)27-13)19-20(15-6-4-3-5-7-15)28-22(25)31-21(19)29-30(23(31)32)12-18-10-17(24)11-26-18/h3-9,17-18,26H,10-12H2,1-2H3,(H2,25,27,28,29)/p+1/t17-,18-/m0/s1. The number of nitrogens with two attached hydrogens (primary N) is 1. The topological polar surface area (TPSA) is 106 Å². The minimum atomic E-state index is -0.900. The zero-order valence-electron chi connectivity index (χ0n) is 18.0. The first-order chi connectivity index (χ1) is 15.4. The van der Waals surface area contributed by atoms with Gasteiger partial charge in [-0.1, -0.05) is 30.3 Å². The van der Waals surface area contributed by atoms with E-state index in [9.17, 15) is 9.18 Å². The number of aromatic nitrogens is 5. The third kappa shape index (κ3) is 3.54. The summed E-state index contributed by atoms with van der Waals surface area (Å²) in [6, 6.07) is 13.5. The maximum Gasteiger partial charge on any atom is 0.428 e. The van der Waals surface area contributed by atoms with Crippen molar-refractivity contribution < 1.29 is 8.79 Å². The second-order valence-electron chi connectivity index (χ2n) is 8.33. The molecule has 5 rings (SSSR count). The average Bonchev–Trinajstić information content (AvgIpc) is 3.31. The smallest absolute Gasteiger partial charge is 0.319 e. The fourth-order valence-electron chi connectivity index (χ4n) is 4.47. The number of aryl methyl sites for hydroxylation is 2. The van der Waals surface area contributed by atoms with Crippen molar-refractivity contribution in [3.63, 3.8) is 0 Å². The lowest BCUT2D eigenvalue weighted by atomic mass is 9.99. The molecule has 1 saturated heterocycles. The van der Waals surface area contributed by atoms with Gasteiger partial charge in [-0.3, -0.25) is 4.98 Å². The van der Waals surface area contributed by atoms with Gasteiger partial charge in [-0.2, -0.15) is 4.68 Å². The number of H-pyrrole nitrogens is 1. The highest BCUT2D eigenvalue weighted by Gasteiger charge is 2.29. The van der Waals surface area contributed by atoms with Gasteiger partial charge >= 0.3 is 11.6 Å². The van der Waals surface area contributed by atoms with Gasteiger partial charge in [0.15, 0.2) is 0 Å². The summed E-state index contributed by atoms with van der Waals surface area (Å²) in [6.45, 7) is 4.48. The highest BCUT2D eigenvalue weighted by atomic mass is 19.1. The first-order valence-corrected chi connectivity index (χ1v) is 10.6. The number of nitrogens with zero attached hydrogens (tertiary/aromatic N) is 4. The van der Waals surface area contributed by atoms with E-state index in [1.54, 1.807) is 0 Å². The van der Waals surface area contributed by atoms with E-state index < -0.39 is 6.17 Å². The number of benzene rings is 1. The Kier molecular flexibility index (Phi) is 4.97. The molecule has 0 radical (unpaired) electrons. The maximum atomic E-state index is 13.6. The Morgan fingerprint density at radius 1 is 1.16 bits per heavy atom. The lowest BCUT2D eigenvalue weighted by molar-refractivity contribution is -0.516. The van der Waals surface area contributed by atoms with Crippen LogP contribution in [0.4, 0.5) is 10.3 Å². The van der Waals surface area contributed by atoms with Crippen LogP contribution in [-0.2, 0) is 6.54 Å². The Morgan fingerprint density at radius 3 is 2.53 bits per heavy atom. The summed E-state index contributed by atoms with van der Waals surface area (Å²) in [7, 11) is 0. The normalized spacial score (nSPS) is 18.5. The second kappa shape index (κ2) is 7.83. The van der Waals surface area contributed by atoms with Crippen LogP contribution in [0.2, 0.25) is 0 Å². The number of hydrogen-bond acceptors (Lipinski definition) is 5. The van der Waals surface area contributed by atoms with Crippen LogP contribution in [0.25, 0.3) is 28.0 Å². The molecule has 9 heteroatoms. The molecule has 0 unspecified atom stereocenters. The van der Waals surface area contributed by atoms with Crippen molar-refractivity contribution in [2.45, 2.75) is 39.0 Å². The molecule has 3 aromatic heterocycles. The van der Waals surface area contributed by atoms with Crippen LogP contribution in [0.1, 0.15) is 17.8 Å². The van der Waals surface area contributed by atoms with E-state index in [0.29, 0.717) is 30.9 Å². The molecule has 1 fully saturated rings. The van der Waals surface area contributed by atoms with Gasteiger partial charge in [0.2, 0.25) is 5.65 Å². The Hall–Kier alpha value is -3.59. The number of pyridine rings is 1. The van der Waals surface area contributed by atoms with E-state index in [-0.39, 0.29) is 17.7 Å². The number of aromatic amines is 1. The Bertz CT molecular complexity index is 1340. The molecular formula is C23H25FN7O+. The number of fused-ring (bicyclic) bond motifs is 1. The van der Waals surface area contributed by atoms with Crippen molar-refractivity contribution in [2.24, 2.45) is 0 Å². The van der Waals surface area contributed by atoms with Gasteiger partial charge in [-0.05, 0) is 38.0 Å². The molecule has 1 aliphatic heterocycles. The molecule has 4 heterocycles. The maximum absolute atomic E-state index is 13.6. The lowest BCUT2D eigenvalue weighted by Gasteiger charge is -2.10. The van der Waals surface area contributed by atoms with Gasteiger partial charge < -0.3 is 11.1 Å². The van der Waals surface area contributed by atoms with E-state index in [1.807, 2.05) is 56.3 Å². The minimum Gasteiger partial charge on any atom is -0.319 e. The molecule has 1 aliphatic rings. The summed E-state index contributed by atoms with van der Waals surface area (Å²) in [5.74, 6) is 0.0906. The predicted octanol–water partition coefficient (Wildman–Crippen LogP) is 1.94. The summed E-state index contributed by atoms with van der Waals surface area (Å²) in [5, 5.41) is 6.35. The van der Waals surface area contributed by atoms with Crippen molar-refractivity contribution in [2.75, 3.05) is 12.3 Å². The summed E-state index contributed by atoms with van der Waals surface area (Å²) < 4.78 is 16.5. The lowest BCUT2D eigenvalue weighted by Crippen LogP contribution is -2.45. The number of alkyl halides is 1. The van der Waals surface area contributed by atoms with Gasteiger partial charge in [-0.25, -0.2) is 14.3 Å². The minimum absolute atomic E-state index is 0.0906. The molecule has 2 atom stereocenters. The molecule has 164 valence electrons. The van der Waals surface area contributed by atoms with E-state index >= 15 is 0 Å². The second-order valence-corrected chi connectivity index (χ2v) is 8.33. The Labute approximate surface area is 183 Å². The quantitative estimate of drug-likeness (QED) is 0.426. The fourth-order valence-corrected chi connectivity index (χ4v) is 4.47. The largest absolute Gasteiger partial charge is 0.428 e.